The number of carboxylic acids is 1. The second kappa shape index (κ2) is 7.78. The van der Waals surface area contributed by atoms with Crippen molar-refractivity contribution in [3.05, 3.63) is 87.5 Å². The van der Waals surface area contributed by atoms with Gasteiger partial charge >= 0.3 is 5.97 Å². The van der Waals surface area contributed by atoms with Gasteiger partial charge in [-0.05, 0) is 18.4 Å². The molecule has 0 aliphatic carbocycles. The van der Waals surface area contributed by atoms with Gasteiger partial charge in [0.2, 0.25) is 0 Å². The van der Waals surface area contributed by atoms with Crippen LogP contribution in [0, 0.1) is 0 Å². The quantitative estimate of drug-likeness (QED) is 0.528. The third kappa shape index (κ3) is 3.46. The number of nitrogens with zero attached hydrogens (tertiary/aromatic N) is 2. The van der Waals surface area contributed by atoms with Crippen LogP contribution >= 0.6 is 11.3 Å². The Bertz CT molecular complexity index is 1180. The molecule has 2 aromatic heterocycles. The van der Waals surface area contributed by atoms with Crippen LogP contribution < -0.4 is 5.56 Å². The molecule has 1 N–H and O–H groups in total. The Hall–Kier alpha value is -3.25. The van der Waals surface area contributed by atoms with Crippen LogP contribution in [0.3, 0.4) is 0 Å². The van der Waals surface area contributed by atoms with Crippen LogP contribution in [-0.4, -0.2) is 20.6 Å². The van der Waals surface area contributed by atoms with Crippen LogP contribution in [0.5, 0.6) is 0 Å². The van der Waals surface area contributed by atoms with Gasteiger partial charge in [0.25, 0.3) is 5.56 Å². The number of aromatic carboxylic acids is 1. The van der Waals surface area contributed by atoms with Crippen molar-refractivity contribution < 1.29 is 9.90 Å². The molecule has 0 aliphatic rings. The maximum Gasteiger partial charge on any atom is 0.337 e. The van der Waals surface area contributed by atoms with Crippen molar-refractivity contribution >= 4 is 27.5 Å². The van der Waals surface area contributed by atoms with E-state index in [1.807, 2.05) is 48.5 Å². The number of thiophene rings is 1. The summed E-state index contributed by atoms with van der Waals surface area (Å²) in [6, 6.07) is 19.6. The number of carbonyl (C=O) groups is 1. The van der Waals surface area contributed by atoms with Gasteiger partial charge < -0.3 is 5.11 Å². The SMILES string of the molecule is O=C(O)c1csc2nc(-c3ccccc3)n(CCCc3ccccc3)c(=O)c12. The fourth-order valence-electron chi connectivity index (χ4n) is 3.28. The molecule has 0 spiro atoms. The van der Waals surface area contributed by atoms with E-state index in [-0.39, 0.29) is 16.5 Å². The number of rotatable bonds is 6. The van der Waals surface area contributed by atoms with E-state index in [0.29, 0.717) is 17.2 Å². The first-order valence-electron chi connectivity index (χ1n) is 9.00. The van der Waals surface area contributed by atoms with Gasteiger partial charge in [-0.2, -0.15) is 0 Å². The first-order chi connectivity index (χ1) is 13.6. The number of aromatic nitrogens is 2. The van der Waals surface area contributed by atoms with Crippen LogP contribution in [0.25, 0.3) is 21.6 Å². The van der Waals surface area contributed by atoms with Gasteiger partial charge in [-0.25, -0.2) is 9.78 Å². The van der Waals surface area contributed by atoms with Crippen molar-refractivity contribution in [2.45, 2.75) is 19.4 Å². The van der Waals surface area contributed by atoms with E-state index in [9.17, 15) is 14.7 Å². The maximum atomic E-state index is 13.2. The third-order valence-corrected chi connectivity index (χ3v) is 5.52. The Morgan fingerprint density at radius 3 is 2.39 bits per heavy atom. The number of carboxylic acid groups (broad SMARTS) is 1. The normalized spacial score (nSPS) is 11.0. The fraction of sp³-hybridized carbons (Fsp3) is 0.136. The Kier molecular flexibility index (Phi) is 5.04. The zero-order valence-corrected chi connectivity index (χ0v) is 15.9. The topological polar surface area (TPSA) is 72.2 Å². The number of aryl methyl sites for hydroxylation is 1. The van der Waals surface area contributed by atoms with E-state index in [1.165, 1.54) is 22.3 Å². The lowest BCUT2D eigenvalue weighted by atomic mass is 10.1. The van der Waals surface area contributed by atoms with Gasteiger partial charge in [-0.3, -0.25) is 9.36 Å². The Morgan fingerprint density at radius 2 is 1.71 bits per heavy atom. The Balaban J connectivity index is 1.79. The summed E-state index contributed by atoms with van der Waals surface area (Å²) >= 11 is 1.19. The predicted molar refractivity (Wildman–Crippen MR) is 111 cm³/mol. The van der Waals surface area contributed by atoms with E-state index >= 15 is 0 Å². The molecule has 0 unspecified atom stereocenters. The average molecular weight is 390 g/mol. The highest BCUT2D eigenvalue weighted by Gasteiger charge is 2.20. The summed E-state index contributed by atoms with van der Waals surface area (Å²) < 4.78 is 1.61. The summed E-state index contributed by atoms with van der Waals surface area (Å²) in [6.07, 6.45) is 1.58. The molecular formula is C22H18N2O3S. The molecular weight excluding hydrogens is 372 g/mol. The molecule has 5 nitrogen and oxygen atoms in total. The summed E-state index contributed by atoms with van der Waals surface area (Å²) in [6.45, 7) is 0.468. The van der Waals surface area contributed by atoms with Crippen molar-refractivity contribution in [1.29, 1.82) is 0 Å². The van der Waals surface area contributed by atoms with E-state index < -0.39 is 5.97 Å². The highest BCUT2D eigenvalue weighted by molar-refractivity contribution is 7.17. The van der Waals surface area contributed by atoms with Crippen LogP contribution in [0.1, 0.15) is 22.3 Å². The average Bonchev–Trinajstić information content (AvgIpc) is 3.16. The largest absolute Gasteiger partial charge is 0.478 e. The summed E-state index contributed by atoms with van der Waals surface area (Å²) in [5.74, 6) is -0.529. The molecule has 0 saturated carbocycles. The summed E-state index contributed by atoms with van der Waals surface area (Å²) in [5, 5.41) is 11.1. The molecule has 0 saturated heterocycles. The first-order valence-corrected chi connectivity index (χ1v) is 9.88. The minimum Gasteiger partial charge on any atom is -0.478 e. The van der Waals surface area contributed by atoms with Crippen LogP contribution in [-0.2, 0) is 13.0 Å². The molecule has 4 rings (SSSR count). The highest BCUT2D eigenvalue weighted by atomic mass is 32.1. The van der Waals surface area contributed by atoms with E-state index in [1.54, 1.807) is 4.57 Å². The van der Waals surface area contributed by atoms with Gasteiger partial charge in [0.05, 0.1) is 10.9 Å². The minimum absolute atomic E-state index is 0.0221. The van der Waals surface area contributed by atoms with E-state index in [2.05, 4.69) is 17.1 Å². The molecule has 2 aromatic carbocycles. The van der Waals surface area contributed by atoms with Crippen molar-refractivity contribution in [3.8, 4) is 11.4 Å². The van der Waals surface area contributed by atoms with Gasteiger partial charge in [-0.15, -0.1) is 11.3 Å². The maximum absolute atomic E-state index is 13.2. The number of hydrogen-bond acceptors (Lipinski definition) is 4. The predicted octanol–water partition coefficient (Wildman–Crippen LogP) is 4.46. The lowest BCUT2D eigenvalue weighted by Crippen LogP contribution is -2.24. The fourth-order valence-corrected chi connectivity index (χ4v) is 4.19. The van der Waals surface area contributed by atoms with E-state index in [0.717, 1.165) is 18.4 Å². The van der Waals surface area contributed by atoms with Gasteiger partial charge in [0, 0.05) is 17.5 Å². The molecule has 28 heavy (non-hydrogen) atoms. The number of fused-ring (bicyclic) bond motifs is 1. The molecule has 0 atom stereocenters. The minimum atomic E-state index is -1.10. The molecule has 2 heterocycles. The molecule has 0 amide bonds. The number of benzene rings is 2. The van der Waals surface area contributed by atoms with Crippen molar-refractivity contribution in [2.24, 2.45) is 0 Å². The second-order valence-electron chi connectivity index (χ2n) is 6.48. The monoisotopic (exact) mass is 390 g/mol. The smallest absolute Gasteiger partial charge is 0.337 e. The van der Waals surface area contributed by atoms with Crippen molar-refractivity contribution in [3.63, 3.8) is 0 Å². The summed E-state index contributed by atoms with van der Waals surface area (Å²) in [5.41, 5.74) is 1.77. The zero-order chi connectivity index (χ0) is 19.5. The Labute approximate surface area is 165 Å². The zero-order valence-electron chi connectivity index (χ0n) is 15.0. The van der Waals surface area contributed by atoms with Crippen molar-refractivity contribution in [1.82, 2.24) is 9.55 Å². The molecule has 0 radical (unpaired) electrons. The summed E-state index contributed by atoms with van der Waals surface area (Å²) in [4.78, 5) is 29.9. The van der Waals surface area contributed by atoms with E-state index in [4.69, 9.17) is 0 Å². The molecule has 140 valence electrons. The lowest BCUT2D eigenvalue weighted by Gasteiger charge is -2.13. The van der Waals surface area contributed by atoms with Gasteiger partial charge in [0.15, 0.2) is 0 Å². The lowest BCUT2D eigenvalue weighted by molar-refractivity contribution is 0.0699. The molecule has 6 heteroatoms. The Morgan fingerprint density at radius 1 is 1.04 bits per heavy atom. The van der Waals surface area contributed by atoms with Crippen LogP contribution in [0.4, 0.5) is 0 Å². The van der Waals surface area contributed by atoms with Crippen LogP contribution in [0.2, 0.25) is 0 Å². The molecule has 0 bridgehead atoms. The highest BCUT2D eigenvalue weighted by Crippen LogP contribution is 2.25. The third-order valence-electron chi connectivity index (χ3n) is 4.65. The number of hydrogen-bond donors (Lipinski definition) is 1. The van der Waals surface area contributed by atoms with Gasteiger partial charge in [-0.1, -0.05) is 60.7 Å². The first kappa shape index (κ1) is 18.1. The van der Waals surface area contributed by atoms with Crippen molar-refractivity contribution in [2.75, 3.05) is 0 Å². The molecule has 4 aromatic rings. The molecule has 0 aliphatic heterocycles. The standard InChI is InChI=1S/C22H18N2O3S/c25-21-18-17(22(26)27)14-28-20(18)23-19(16-11-5-2-6-12-16)24(21)13-7-10-15-8-3-1-4-9-15/h1-6,8-9,11-12,14H,7,10,13H2,(H,26,27). The summed E-state index contributed by atoms with van der Waals surface area (Å²) in [7, 11) is 0. The second-order valence-corrected chi connectivity index (χ2v) is 7.34. The molecule has 0 fully saturated rings. The van der Waals surface area contributed by atoms with Gasteiger partial charge in [0.1, 0.15) is 10.7 Å². The van der Waals surface area contributed by atoms with Crippen LogP contribution in [0.15, 0.2) is 70.8 Å².